The number of rotatable bonds is 7. The highest BCUT2D eigenvalue weighted by Crippen LogP contribution is 2.17. The highest BCUT2D eigenvalue weighted by molar-refractivity contribution is 5.80. The number of nitrogens with one attached hydrogen (secondary N) is 2. The van der Waals surface area contributed by atoms with Crippen LogP contribution >= 0.6 is 0 Å². The second-order valence-electron chi connectivity index (χ2n) is 4.71. The third-order valence-electron chi connectivity index (χ3n) is 3.22. The molecule has 1 rings (SSSR count). The molecular formula is C13H26N2O2. The number of likely N-dealkylation sites (N-methyl/N-ethyl adjacent to an activating group) is 1. The molecular weight excluding hydrogens is 216 g/mol. The van der Waals surface area contributed by atoms with Gasteiger partial charge < -0.3 is 15.4 Å². The summed E-state index contributed by atoms with van der Waals surface area (Å²) in [5.41, 5.74) is 0. The molecule has 1 atom stereocenters. The van der Waals surface area contributed by atoms with Gasteiger partial charge in [-0.3, -0.25) is 4.79 Å². The van der Waals surface area contributed by atoms with Crippen LogP contribution in [0.15, 0.2) is 0 Å². The smallest absolute Gasteiger partial charge is 0.249 e. The Hall–Kier alpha value is -0.610. The van der Waals surface area contributed by atoms with Gasteiger partial charge in [-0.15, -0.1) is 0 Å². The van der Waals surface area contributed by atoms with E-state index >= 15 is 0 Å². The Kier molecular flexibility index (Phi) is 7.21. The normalized spacial score (nSPS) is 18.9. The van der Waals surface area contributed by atoms with Crippen molar-refractivity contribution >= 4 is 5.91 Å². The molecule has 100 valence electrons. The summed E-state index contributed by atoms with van der Waals surface area (Å²) < 4.78 is 5.47. The average Bonchev–Trinajstić information content (AvgIpc) is 2.35. The van der Waals surface area contributed by atoms with Gasteiger partial charge in [-0.05, 0) is 26.3 Å². The highest BCUT2D eigenvalue weighted by atomic mass is 16.5. The van der Waals surface area contributed by atoms with E-state index in [0.717, 1.165) is 25.9 Å². The standard InChI is InChI=1S/C13H26N2O2/c1-3-14-9-10-17-11(2)13(16)15-12-7-5-4-6-8-12/h11-12,14H,3-10H2,1-2H3,(H,15,16). The zero-order valence-corrected chi connectivity index (χ0v) is 11.1. The lowest BCUT2D eigenvalue weighted by Crippen LogP contribution is -2.42. The minimum atomic E-state index is -0.337. The van der Waals surface area contributed by atoms with Gasteiger partial charge in [0, 0.05) is 12.6 Å². The largest absolute Gasteiger partial charge is 0.367 e. The predicted octanol–water partition coefficient (Wildman–Crippen LogP) is 1.45. The van der Waals surface area contributed by atoms with Crippen molar-refractivity contribution in [3.05, 3.63) is 0 Å². The number of carbonyl (C=O) groups is 1. The molecule has 0 bridgehead atoms. The van der Waals surface area contributed by atoms with E-state index in [9.17, 15) is 4.79 Å². The first-order valence-electron chi connectivity index (χ1n) is 6.86. The Morgan fingerprint density at radius 2 is 2.06 bits per heavy atom. The summed E-state index contributed by atoms with van der Waals surface area (Å²) in [6.07, 6.45) is 5.68. The van der Waals surface area contributed by atoms with E-state index in [1.54, 1.807) is 0 Å². The third kappa shape index (κ3) is 6.03. The lowest BCUT2D eigenvalue weighted by Gasteiger charge is -2.24. The van der Waals surface area contributed by atoms with E-state index in [1.165, 1.54) is 19.3 Å². The fourth-order valence-corrected chi connectivity index (χ4v) is 2.13. The minimum absolute atomic E-state index is 0.0356. The predicted molar refractivity (Wildman–Crippen MR) is 69.0 cm³/mol. The molecule has 1 aliphatic rings. The molecule has 0 aromatic heterocycles. The number of hydrogen-bond donors (Lipinski definition) is 2. The molecule has 0 aromatic rings. The van der Waals surface area contributed by atoms with Crippen LogP contribution in [-0.4, -0.2) is 37.7 Å². The zero-order chi connectivity index (χ0) is 12.5. The number of ether oxygens (including phenoxy) is 1. The molecule has 1 fully saturated rings. The van der Waals surface area contributed by atoms with Gasteiger partial charge in [0.1, 0.15) is 6.10 Å². The molecule has 0 heterocycles. The molecule has 1 saturated carbocycles. The van der Waals surface area contributed by atoms with Crippen molar-refractivity contribution in [1.82, 2.24) is 10.6 Å². The van der Waals surface area contributed by atoms with Gasteiger partial charge in [0.15, 0.2) is 0 Å². The summed E-state index contributed by atoms with van der Waals surface area (Å²) >= 11 is 0. The number of amides is 1. The Bertz CT molecular complexity index is 215. The Morgan fingerprint density at radius 1 is 1.35 bits per heavy atom. The van der Waals surface area contributed by atoms with Crippen molar-refractivity contribution in [2.45, 2.75) is 58.1 Å². The maximum atomic E-state index is 11.8. The topological polar surface area (TPSA) is 50.4 Å². The molecule has 2 N–H and O–H groups in total. The first-order valence-corrected chi connectivity index (χ1v) is 6.86. The van der Waals surface area contributed by atoms with Crippen molar-refractivity contribution in [3.8, 4) is 0 Å². The van der Waals surface area contributed by atoms with E-state index in [4.69, 9.17) is 4.74 Å². The molecule has 1 aliphatic carbocycles. The van der Waals surface area contributed by atoms with Crippen LogP contribution in [-0.2, 0) is 9.53 Å². The molecule has 17 heavy (non-hydrogen) atoms. The van der Waals surface area contributed by atoms with Crippen LogP contribution < -0.4 is 10.6 Å². The maximum absolute atomic E-state index is 11.8. The Balaban J connectivity index is 2.12. The van der Waals surface area contributed by atoms with Gasteiger partial charge >= 0.3 is 0 Å². The fourth-order valence-electron chi connectivity index (χ4n) is 2.13. The zero-order valence-electron chi connectivity index (χ0n) is 11.1. The highest BCUT2D eigenvalue weighted by Gasteiger charge is 2.19. The van der Waals surface area contributed by atoms with Crippen molar-refractivity contribution in [1.29, 1.82) is 0 Å². The molecule has 4 nitrogen and oxygen atoms in total. The van der Waals surface area contributed by atoms with Crippen molar-refractivity contribution in [2.75, 3.05) is 19.7 Å². The molecule has 0 aromatic carbocycles. The van der Waals surface area contributed by atoms with Crippen molar-refractivity contribution < 1.29 is 9.53 Å². The monoisotopic (exact) mass is 242 g/mol. The minimum Gasteiger partial charge on any atom is -0.367 e. The van der Waals surface area contributed by atoms with E-state index in [1.807, 2.05) is 6.92 Å². The van der Waals surface area contributed by atoms with E-state index in [2.05, 4.69) is 17.6 Å². The van der Waals surface area contributed by atoms with E-state index in [0.29, 0.717) is 12.6 Å². The summed E-state index contributed by atoms with van der Waals surface area (Å²) in [6.45, 7) is 6.21. The van der Waals surface area contributed by atoms with Gasteiger partial charge in [0.05, 0.1) is 6.61 Å². The quantitative estimate of drug-likeness (QED) is 0.664. The second-order valence-corrected chi connectivity index (χ2v) is 4.71. The molecule has 4 heteroatoms. The second kappa shape index (κ2) is 8.48. The number of hydrogen-bond acceptors (Lipinski definition) is 3. The molecule has 0 spiro atoms. The molecule has 0 radical (unpaired) electrons. The van der Waals surface area contributed by atoms with Crippen LogP contribution in [0.3, 0.4) is 0 Å². The Labute approximate surface area is 104 Å². The van der Waals surface area contributed by atoms with Gasteiger partial charge in [-0.1, -0.05) is 26.2 Å². The van der Waals surface area contributed by atoms with Crippen LogP contribution in [0.5, 0.6) is 0 Å². The van der Waals surface area contributed by atoms with Gasteiger partial charge in [0.25, 0.3) is 0 Å². The molecule has 1 unspecified atom stereocenters. The van der Waals surface area contributed by atoms with E-state index < -0.39 is 0 Å². The van der Waals surface area contributed by atoms with E-state index in [-0.39, 0.29) is 12.0 Å². The lowest BCUT2D eigenvalue weighted by atomic mass is 9.95. The van der Waals surface area contributed by atoms with Crippen molar-refractivity contribution in [3.63, 3.8) is 0 Å². The summed E-state index contributed by atoms with van der Waals surface area (Å²) in [5, 5.41) is 6.24. The SMILES string of the molecule is CCNCCOC(C)C(=O)NC1CCCCC1. The van der Waals surface area contributed by atoms with Crippen LogP contribution in [0.25, 0.3) is 0 Å². The van der Waals surface area contributed by atoms with Crippen LogP contribution in [0.2, 0.25) is 0 Å². The van der Waals surface area contributed by atoms with Crippen LogP contribution in [0, 0.1) is 0 Å². The van der Waals surface area contributed by atoms with Gasteiger partial charge in [0.2, 0.25) is 5.91 Å². The molecule has 1 amide bonds. The van der Waals surface area contributed by atoms with Gasteiger partial charge in [-0.25, -0.2) is 0 Å². The fraction of sp³-hybridized carbons (Fsp3) is 0.923. The average molecular weight is 242 g/mol. The number of carbonyl (C=O) groups excluding carboxylic acids is 1. The van der Waals surface area contributed by atoms with Gasteiger partial charge in [-0.2, -0.15) is 0 Å². The third-order valence-corrected chi connectivity index (χ3v) is 3.22. The molecule has 0 saturated heterocycles. The van der Waals surface area contributed by atoms with Crippen LogP contribution in [0.4, 0.5) is 0 Å². The van der Waals surface area contributed by atoms with Crippen LogP contribution in [0.1, 0.15) is 46.0 Å². The summed E-state index contributed by atoms with van der Waals surface area (Å²) in [4.78, 5) is 11.8. The lowest BCUT2D eigenvalue weighted by molar-refractivity contribution is -0.132. The summed E-state index contributed by atoms with van der Waals surface area (Å²) in [5.74, 6) is 0.0356. The molecule has 0 aliphatic heterocycles. The van der Waals surface area contributed by atoms with Crippen molar-refractivity contribution in [2.24, 2.45) is 0 Å². The summed E-state index contributed by atoms with van der Waals surface area (Å²) in [6, 6.07) is 0.371. The maximum Gasteiger partial charge on any atom is 0.249 e. The summed E-state index contributed by atoms with van der Waals surface area (Å²) in [7, 11) is 0. The first-order chi connectivity index (χ1) is 8.24. The Morgan fingerprint density at radius 3 is 2.71 bits per heavy atom. The first kappa shape index (κ1) is 14.5.